The molecule has 4 heteroatoms. The smallest absolute Gasteiger partial charge is 0.222 e. The maximum absolute atomic E-state index is 12.2. The van der Waals surface area contributed by atoms with Crippen LogP contribution >= 0.6 is 11.8 Å². The highest BCUT2D eigenvalue weighted by Gasteiger charge is 2.42. The van der Waals surface area contributed by atoms with E-state index >= 15 is 0 Å². The van der Waals surface area contributed by atoms with E-state index in [0.29, 0.717) is 18.3 Å². The van der Waals surface area contributed by atoms with Gasteiger partial charge in [-0.1, -0.05) is 18.2 Å². The van der Waals surface area contributed by atoms with E-state index in [1.54, 1.807) is 0 Å². The summed E-state index contributed by atoms with van der Waals surface area (Å²) in [6, 6.07) is 10.3. The number of hydrogen-bond acceptors (Lipinski definition) is 3. The van der Waals surface area contributed by atoms with Gasteiger partial charge in [0.15, 0.2) is 0 Å². The number of aliphatic hydroxyl groups is 1. The summed E-state index contributed by atoms with van der Waals surface area (Å²) in [7, 11) is 0. The molecular weight excluding hydrogens is 282 g/mol. The highest BCUT2D eigenvalue weighted by Crippen LogP contribution is 2.38. The van der Waals surface area contributed by atoms with E-state index in [4.69, 9.17) is 0 Å². The standard InChI is InChI=1S/C17H23NO2S/c19-16-9-8-13-11-18(12-15(13)16)17(20)7-4-10-21-14-5-2-1-3-6-14/h1-3,5-6,13,15-16,19H,4,7-12H2. The van der Waals surface area contributed by atoms with Crippen molar-refractivity contribution < 1.29 is 9.90 Å². The monoisotopic (exact) mass is 305 g/mol. The maximum Gasteiger partial charge on any atom is 0.222 e. The first-order valence-corrected chi connectivity index (χ1v) is 8.86. The predicted octanol–water partition coefficient (Wildman–Crippen LogP) is 2.79. The van der Waals surface area contributed by atoms with Crippen molar-refractivity contribution in [1.29, 1.82) is 0 Å². The lowest BCUT2D eigenvalue weighted by atomic mass is 10.00. The van der Waals surface area contributed by atoms with Gasteiger partial charge < -0.3 is 10.0 Å². The zero-order valence-corrected chi connectivity index (χ0v) is 13.1. The fourth-order valence-corrected chi connectivity index (χ4v) is 4.40. The van der Waals surface area contributed by atoms with Crippen LogP contribution in [0.4, 0.5) is 0 Å². The second-order valence-electron chi connectivity index (χ2n) is 6.13. The predicted molar refractivity (Wildman–Crippen MR) is 85.2 cm³/mol. The molecule has 0 aromatic heterocycles. The van der Waals surface area contributed by atoms with Crippen LogP contribution in [0.25, 0.3) is 0 Å². The van der Waals surface area contributed by atoms with Gasteiger partial charge in [-0.2, -0.15) is 0 Å². The van der Waals surface area contributed by atoms with Crippen molar-refractivity contribution in [1.82, 2.24) is 4.90 Å². The fraction of sp³-hybridized carbons (Fsp3) is 0.588. The molecule has 3 rings (SSSR count). The first-order valence-electron chi connectivity index (χ1n) is 7.88. The van der Waals surface area contributed by atoms with Crippen molar-refractivity contribution in [2.75, 3.05) is 18.8 Å². The summed E-state index contributed by atoms with van der Waals surface area (Å²) in [5.41, 5.74) is 0. The molecule has 1 amide bonds. The Balaban J connectivity index is 1.37. The largest absolute Gasteiger partial charge is 0.393 e. The SMILES string of the molecule is O=C(CCCSc1ccccc1)N1CC2CCC(O)C2C1. The van der Waals surface area contributed by atoms with E-state index in [2.05, 4.69) is 12.1 Å². The number of hydrogen-bond donors (Lipinski definition) is 1. The summed E-state index contributed by atoms with van der Waals surface area (Å²) in [6.07, 6.45) is 3.38. The third-order valence-electron chi connectivity index (χ3n) is 4.72. The van der Waals surface area contributed by atoms with Crippen LogP contribution in [0.5, 0.6) is 0 Å². The molecule has 0 spiro atoms. The van der Waals surface area contributed by atoms with Gasteiger partial charge in [-0.15, -0.1) is 11.8 Å². The number of carbonyl (C=O) groups excluding carboxylic acids is 1. The Hall–Kier alpha value is -1.00. The van der Waals surface area contributed by atoms with E-state index in [0.717, 1.165) is 38.1 Å². The zero-order chi connectivity index (χ0) is 14.7. The number of amides is 1. The lowest BCUT2D eigenvalue weighted by Gasteiger charge is -2.18. The number of rotatable bonds is 5. The Labute approximate surface area is 130 Å². The number of fused-ring (bicyclic) bond motifs is 1. The normalized spacial score (nSPS) is 27.9. The molecule has 2 aliphatic rings. The molecule has 1 saturated heterocycles. The van der Waals surface area contributed by atoms with Crippen molar-refractivity contribution in [3.8, 4) is 0 Å². The van der Waals surface area contributed by atoms with Gasteiger partial charge in [0, 0.05) is 30.3 Å². The summed E-state index contributed by atoms with van der Waals surface area (Å²) in [5.74, 6) is 2.14. The van der Waals surface area contributed by atoms with Crippen LogP contribution in [0.3, 0.4) is 0 Å². The van der Waals surface area contributed by atoms with E-state index in [1.807, 2.05) is 34.9 Å². The molecule has 3 atom stereocenters. The molecule has 21 heavy (non-hydrogen) atoms. The summed E-state index contributed by atoms with van der Waals surface area (Å²) >= 11 is 1.81. The van der Waals surface area contributed by atoms with Gasteiger partial charge in [-0.3, -0.25) is 4.79 Å². The molecule has 1 aliphatic carbocycles. The van der Waals surface area contributed by atoms with Gasteiger partial charge in [-0.25, -0.2) is 0 Å². The topological polar surface area (TPSA) is 40.5 Å². The first-order chi connectivity index (χ1) is 10.2. The van der Waals surface area contributed by atoms with Crippen molar-refractivity contribution in [2.45, 2.75) is 36.7 Å². The van der Waals surface area contributed by atoms with Crippen LogP contribution in [-0.4, -0.2) is 40.9 Å². The van der Waals surface area contributed by atoms with E-state index < -0.39 is 0 Å². The molecule has 1 aromatic rings. The Bertz CT molecular complexity index is 479. The molecule has 2 fully saturated rings. The molecule has 1 aliphatic heterocycles. The van der Waals surface area contributed by atoms with Gasteiger partial charge >= 0.3 is 0 Å². The highest BCUT2D eigenvalue weighted by atomic mass is 32.2. The number of likely N-dealkylation sites (tertiary alicyclic amines) is 1. The summed E-state index contributed by atoms with van der Waals surface area (Å²) < 4.78 is 0. The molecule has 0 radical (unpaired) electrons. The number of thioether (sulfide) groups is 1. The Morgan fingerprint density at radius 3 is 2.81 bits per heavy atom. The van der Waals surface area contributed by atoms with Crippen LogP contribution in [-0.2, 0) is 4.79 Å². The van der Waals surface area contributed by atoms with E-state index in [1.165, 1.54) is 4.90 Å². The van der Waals surface area contributed by atoms with Crippen molar-refractivity contribution in [3.63, 3.8) is 0 Å². The lowest BCUT2D eigenvalue weighted by molar-refractivity contribution is -0.130. The van der Waals surface area contributed by atoms with E-state index in [9.17, 15) is 9.90 Å². The Morgan fingerprint density at radius 2 is 2.05 bits per heavy atom. The van der Waals surface area contributed by atoms with Crippen LogP contribution in [0.15, 0.2) is 35.2 Å². The molecule has 0 bridgehead atoms. The Morgan fingerprint density at radius 1 is 1.24 bits per heavy atom. The van der Waals surface area contributed by atoms with E-state index in [-0.39, 0.29) is 12.0 Å². The van der Waals surface area contributed by atoms with Crippen molar-refractivity contribution in [2.24, 2.45) is 11.8 Å². The third-order valence-corrected chi connectivity index (χ3v) is 5.82. The quantitative estimate of drug-likeness (QED) is 0.672. The number of carbonyl (C=O) groups is 1. The molecule has 114 valence electrons. The first kappa shape index (κ1) is 14.9. The fourth-order valence-electron chi connectivity index (χ4n) is 3.53. The molecular formula is C17H23NO2S. The maximum atomic E-state index is 12.2. The average molecular weight is 305 g/mol. The summed E-state index contributed by atoms with van der Waals surface area (Å²) in [4.78, 5) is 15.5. The van der Waals surface area contributed by atoms with Gasteiger partial charge in [0.25, 0.3) is 0 Å². The highest BCUT2D eigenvalue weighted by molar-refractivity contribution is 7.99. The molecule has 1 N–H and O–H groups in total. The van der Waals surface area contributed by atoms with Crippen LogP contribution < -0.4 is 0 Å². The minimum atomic E-state index is -0.179. The summed E-state index contributed by atoms with van der Waals surface area (Å²) in [5, 5.41) is 9.90. The summed E-state index contributed by atoms with van der Waals surface area (Å²) in [6.45, 7) is 1.64. The molecule has 1 aromatic carbocycles. The minimum Gasteiger partial charge on any atom is -0.393 e. The number of nitrogens with zero attached hydrogens (tertiary/aromatic N) is 1. The average Bonchev–Trinajstić information content (AvgIpc) is 3.07. The minimum absolute atomic E-state index is 0.179. The second-order valence-corrected chi connectivity index (χ2v) is 7.30. The lowest BCUT2D eigenvalue weighted by Crippen LogP contribution is -2.30. The second kappa shape index (κ2) is 6.84. The van der Waals surface area contributed by atoms with Gasteiger partial charge in [0.05, 0.1) is 6.10 Å². The third kappa shape index (κ3) is 3.61. The van der Waals surface area contributed by atoms with Gasteiger partial charge in [0.2, 0.25) is 5.91 Å². The molecule has 3 unspecified atom stereocenters. The number of aliphatic hydroxyl groups excluding tert-OH is 1. The van der Waals surface area contributed by atoms with Crippen LogP contribution in [0, 0.1) is 11.8 Å². The molecule has 1 saturated carbocycles. The van der Waals surface area contributed by atoms with Crippen molar-refractivity contribution in [3.05, 3.63) is 30.3 Å². The Kier molecular flexibility index (Phi) is 4.86. The van der Waals surface area contributed by atoms with Gasteiger partial charge in [-0.05, 0) is 43.1 Å². The zero-order valence-electron chi connectivity index (χ0n) is 12.3. The molecule has 3 nitrogen and oxygen atoms in total. The number of benzene rings is 1. The molecule has 1 heterocycles. The van der Waals surface area contributed by atoms with Crippen LogP contribution in [0.1, 0.15) is 25.7 Å². The van der Waals surface area contributed by atoms with Gasteiger partial charge in [0.1, 0.15) is 0 Å². The van der Waals surface area contributed by atoms with Crippen molar-refractivity contribution >= 4 is 17.7 Å². The van der Waals surface area contributed by atoms with Crippen LogP contribution in [0.2, 0.25) is 0 Å².